The summed E-state index contributed by atoms with van der Waals surface area (Å²) in [5.41, 5.74) is 0.561. The smallest absolute Gasteiger partial charge is 0.390 e. The van der Waals surface area contributed by atoms with Crippen LogP contribution < -0.4 is 10.6 Å². The maximum absolute atomic E-state index is 12.0. The molecule has 116 valence electrons. The van der Waals surface area contributed by atoms with Gasteiger partial charge in [-0.05, 0) is 5.56 Å². The topological polar surface area (TPSA) is 78.4 Å². The zero-order valence-corrected chi connectivity index (χ0v) is 11.0. The highest BCUT2D eigenvalue weighted by atomic mass is 19.4. The summed E-state index contributed by atoms with van der Waals surface area (Å²) in [6, 6.07) is 6.68. The van der Waals surface area contributed by atoms with Crippen molar-refractivity contribution in [1.29, 1.82) is 0 Å². The van der Waals surface area contributed by atoms with Gasteiger partial charge in [-0.3, -0.25) is 4.79 Å². The van der Waals surface area contributed by atoms with Crippen LogP contribution in [0.5, 0.6) is 0 Å². The average molecular weight is 304 g/mol. The lowest BCUT2D eigenvalue weighted by molar-refractivity contribution is -0.137. The Balaban J connectivity index is 2.57. The van der Waals surface area contributed by atoms with Crippen LogP contribution in [0.4, 0.5) is 18.0 Å². The molecule has 0 radical (unpaired) electrons. The van der Waals surface area contributed by atoms with Crippen molar-refractivity contribution in [2.45, 2.75) is 25.1 Å². The van der Waals surface area contributed by atoms with Gasteiger partial charge in [-0.2, -0.15) is 13.2 Å². The van der Waals surface area contributed by atoms with Gasteiger partial charge in [-0.15, -0.1) is 0 Å². The van der Waals surface area contributed by atoms with E-state index in [9.17, 15) is 22.8 Å². The van der Waals surface area contributed by atoms with Gasteiger partial charge < -0.3 is 15.7 Å². The first kappa shape index (κ1) is 16.8. The van der Waals surface area contributed by atoms with E-state index in [1.54, 1.807) is 30.3 Å². The third-order valence-electron chi connectivity index (χ3n) is 2.58. The van der Waals surface area contributed by atoms with Crippen molar-refractivity contribution < 1.29 is 27.9 Å². The lowest BCUT2D eigenvalue weighted by Crippen LogP contribution is -2.40. The number of benzene rings is 1. The summed E-state index contributed by atoms with van der Waals surface area (Å²) < 4.78 is 35.9. The number of carbonyl (C=O) groups is 2. The van der Waals surface area contributed by atoms with Crippen LogP contribution in [0.2, 0.25) is 0 Å². The van der Waals surface area contributed by atoms with Crippen molar-refractivity contribution in [3.8, 4) is 0 Å². The molecule has 1 aromatic carbocycles. The van der Waals surface area contributed by atoms with Gasteiger partial charge in [0.25, 0.3) is 0 Å². The Kier molecular flexibility index (Phi) is 6.01. The van der Waals surface area contributed by atoms with Crippen LogP contribution >= 0.6 is 0 Å². The maximum atomic E-state index is 12.0. The second kappa shape index (κ2) is 7.51. The number of hydrogen-bond donors (Lipinski definition) is 3. The molecule has 0 heterocycles. The van der Waals surface area contributed by atoms with Gasteiger partial charge in [0.2, 0.25) is 0 Å². The number of carboxylic acids is 1. The molecule has 0 fully saturated rings. The number of aliphatic carboxylic acids is 1. The molecule has 21 heavy (non-hydrogen) atoms. The van der Waals surface area contributed by atoms with E-state index in [4.69, 9.17) is 5.11 Å². The highest BCUT2D eigenvalue weighted by molar-refractivity contribution is 5.76. The van der Waals surface area contributed by atoms with Crippen LogP contribution in [0.3, 0.4) is 0 Å². The zero-order valence-electron chi connectivity index (χ0n) is 11.0. The molecular formula is C13H15F3N2O3. The zero-order chi connectivity index (χ0) is 15.9. The Bertz CT molecular complexity index is 477. The summed E-state index contributed by atoms with van der Waals surface area (Å²) in [6.07, 6.45) is -5.86. The van der Waals surface area contributed by atoms with Crippen LogP contribution in [0.15, 0.2) is 30.3 Å². The summed E-state index contributed by atoms with van der Waals surface area (Å²) in [4.78, 5) is 22.3. The largest absolute Gasteiger partial charge is 0.481 e. The predicted octanol–water partition coefficient (Wildman–Crippen LogP) is 2.45. The molecular weight excluding hydrogens is 289 g/mol. The Morgan fingerprint density at radius 1 is 1.19 bits per heavy atom. The van der Waals surface area contributed by atoms with E-state index in [0.29, 0.717) is 5.56 Å². The standard InChI is InChI=1S/C13H15F3N2O3/c14-13(15,16)6-7-17-12(21)18-10(8-11(19)20)9-4-2-1-3-5-9/h1-5,10H,6-8H2,(H,19,20)(H2,17,18,21). The van der Waals surface area contributed by atoms with Crippen LogP contribution in [0.1, 0.15) is 24.4 Å². The number of carboxylic acid groups (broad SMARTS) is 1. The van der Waals surface area contributed by atoms with Crippen LogP contribution in [0.25, 0.3) is 0 Å². The molecule has 0 spiro atoms. The Morgan fingerprint density at radius 3 is 2.33 bits per heavy atom. The third kappa shape index (κ3) is 7.19. The Hall–Kier alpha value is -2.25. The van der Waals surface area contributed by atoms with Crippen molar-refractivity contribution in [2.75, 3.05) is 6.54 Å². The van der Waals surface area contributed by atoms with Gasteiger partial charge in [-0.1, -0.05) is 30.3 Å². The van der Waals surface area contributed by atoms with E-state index in [0.717, 1.165) is 0 Å². The lowest BCUT2D eigenvalue weighted by Gasteiger charge is -2.18. The van der Waals surface area contributed by atoms with Gasteiger partial charge in [-0.25, -0.2) is 4.79 Å². The number of urea groups is 1. The van der Waals surface area contributed by atoms with Crippen molar-refractivity contribution in [3.63, 3.8) is 0 Å². The van der Waals surface area contributed by atoms with E-state index in [1.165, 1.54) is 0 Å². The predicted molar refractivity (Wildman–Crippen MR) is 68.6 cm³/mol. The molecule has 0 aliphatic heterocycles. The Labute approximate surface area is 119 Å². The quantitative estimate of drug-likeness (QED) is 0.755. The fraction of sp³-hybridized carbons (Fsp3) is 0.385. The van der Waals surface area contributed by atoms with E-state index >= 15 is 0 Å². The maximum Gasteiger partial charge on any atom is 0.390 e. The van der Waals surface area contributed by atoms with Crippen molar-refractivity contribution in [1.82, 2.24) is 10.6 Å². The number of nitrogens with one attached hydrogen (secondary N) is 2. The van der Waals surface area contributed by atoms with Gasteiger partial charge in [0.15, 0.2) is 0 Å². The molecule has 8 heteroatoms. The average Bonchev–Trinajstić information content (AvgIpc) is 2.37. The minimum absolute atomic E-state index is 0.364. The number of hydrogen-bond acceptors (Lipinski definition) is 2. The molecule has 1 atom stereocenters. The molecule has 1 unspecified atom stereocenters. The van der Waals surface area contributed by atoms with E-state index in [1.807, 2.05) is 5.32 Å². The minimum atomic E-state index is -4.35. The minimum Gasteiger partial charge on any atom is -0.481 e. The van der Waals surface area contributed by atoms with Crippen molar-refractivity contribution in [3.05, 3.63) is 35.9 Å². The van der Waals surface area contributed by atoms with Crippen LogP contribution in [0, 0.1) is 0 Å². The normalized spacial score (nSPS) is 12.5. The Morgan fingerprint density at radius 2 is 1.81 bits per heavy atom. The van der Waals surface area contributed by atoms with Gasteiger partial charge in [0.05, 0.1) is 18.9 Å². The van der Waals surface area contributed by atoms with Crippen LogP contribution in [-0.4, -0.2) is 29.8 Å². The molecule has 2 amide bonds. The van der Waals surface area contributed by atoms with E-state index in [2.05, 4.69) is 5.32 Å². The molecule has 0 saturated carbocycles. The second-order valence-corrected chi connectivity index (χ2v) is 4.33. The first-order valence-corrected chi connectivity index (χ1v) is 6.16. The van der Waals surface area contributed by atoms with E-state index < -0.39 is 37.2 Å². The molecule has 0 aromatic heterocycles. The first-order valence-electron chi connectivity index (χ1n) is 6.16. The van der Waals surface area contributed by atoms with E-state index in [-0.39, 0.29) is 6.42 Å². The molecule has 1 rings (SSSR count). The molecule has 0 aliphatic carbocycles. The highest BCUT2D eigenvalue weighted by Crippen LogP contribution is 2.18. The SMILES string of the molecule is O=C(O)CC(NC(=O)NCCC(F)(F)F)c1ccccc1. The number of amides is 2. The summed E-state index contributed by atoms with van der Waals surface area (Å²) >= 11 is 0. The van der Waals surface area contributed by atoms with Crippen molar-refractivity contribution in [2.24, 2.45) is 0 Å². The number of halogens is 3. The fourth-order valence-electron chi connectivity index (χ4n) is 1.64. The van der Waals surface area contributed by atoms with Crippen LogP contribution in [-0.2, 0) is 4.79 Å². The van der Waals surface area contributed by atoms with Gasteiger partial charge in [0.1, 0.15) is 0 Å². The molecule has 3 N–H and O–H groups in total. The molecule has 5 nitrogen and oxygen atoms in total. The first-order chi connectivity index (χ1) is 9.78. The summed E-state index contributed by atoms with van der Waals surface area (Å²) in [5.74, 6) is -1.13. The van der Waals surface area contributed by atoms with Gasteiger partial charge in [0, 0.05) is 6.54 Å². The lowest BCUT2D eigenvalue weighted by atomic mass is 10.0. The molecule has 0 bridgehead atoms. The fourth-order valence-corrected chi connectivity index (χ4v) is 1.64. The summed E-state index contributed by atoms with van der Waals surface area (Å²) in [7, 11) is 0. The summed E-state index contributed by atoms with van der Waals surface area (Å²) in [5, 5.41) is 13.2. The third-order valence-corrected chi connectivity index (χ3v) is 2.58. The number of rotatable bonds is 6. The van der Waals surface area contributed by atoms with Gasteiger partial charge >= 0.3 is 18.2 Å². The summed E-state index contributed by atoms with van der Waals surface area (Å²) in [6.45, 7) is -0.566. The second-order valence-electron chi connectivity index (χ2n) is 4.33. The molecule has 0 aliphatic rings. The number of carbonyl (C=O) groups excluding carboxylic acids is 1. The highest BCUT2D eigenvalue weighted by Gasteiger charge is 2.26. The number of alkyl halides is 3. The molecule has 1 aromatic rings. The molecule has 0 saturated heterocycles. The monoisotopic (exact) mass is 304 g/mol. The van der Waals surface area contributed by atoms with Crippen molar-refractivity contribution >= 4 is 12.0 Å².